The smallest absolute Gasteiger partial charge is 0.328 e. The summed E-state index contributed by atoms with van der Waals surface area (Å²) in [5.41, 5.74) is 0.782. The average Bonchev–Trinajstić information content (AvgIpc) is 2.90. The fourth-order valence-electron chi connectivity index (χ4n) is 2.35. The first-order valence-corrected chi connectivity index (χ1v) is 6.62. The molecule has 1 atom stereocenters. The zero-order valence-electron chi connectivity index (χ0n) is 10.8. The van der Waals surface area contributed by atoms with Crippen molar-refractivity contribution in [2.75, 3.05) is 13.7 Å². The number of hydrogen-bond donors (Lipinski definition) is 0. The van der Waals surface area contributed by atoms with Crippen molar-refractivity contribution in [1.82, 2.24) is 4.90 Å². The van der Waals surface area contributed by atoms with Gasteiger partial charge in [-0.3, -0.25) is 4.79 Å². The fourth-order valence-corrected chi connectivity index (χ4v) is 2.56. The van der Waals surface area contributed by atoms with Crippen LogP contribution in [0.4, 0.5) is 0 Å². The summed E-state index contributed by atoms with van der Waals surface area (Å²) in [6.45, 7) is 0.600. The van der Waals surface area contributed by atoms with Crippen LogP contribution in [0.3, 0.4) is 0 Å². The van der Waals surface area contributed by atoms with Gasteiger partial charge in [0.1, 0.15) is 6.04 Å². The molecule has 102 valence electrons. The first-order chi connectivity index (χ1) is 9.13. The maximum absolute atomic E-state index is 12.3. The number of nitrogens with zero attached hydrogens (tertiary/aromatic N) is 1. The molecule has 0 saturated carbocycles. The quantitative estimate of drug-likeness (QED) is 0.797. The summed E-state index contributed by atoms with van der Waals surface area (Å²) < 4.78 is 4.73. The SMILES string of the molecule is COC(=O)C1CCCN1C(=O)Cc1ccccc1Cl. The van der Waals surface area contributed by atoms with Crippen molar-refractivity contribution in [3.63, 3.8) is 0 Å². The fraction of sp³-hybridized carbons (Fsp3) is 0.429. The van der Waals surface area contributed by atoms with Crippen LogP contribution in [-0.2, 0) is 20.7 Å². The second-order valence-electron chi connectivity index (χ2n) is 4.54. The van der Waals surface area contributed by atoms with Gasteiger partial charge < -0.3 is 9.64 Å². The predicted molar refractivity (Wildman–Crippen MR) is 71.9 cm³/mol. The Labute approximate surface area is 117 Å². The molecule has 0 aliphatic carbocycles. The van der Waals surface area contributed by atoms with E-state index in [1.54, 1.807) is 11.0 Å². The number of amides is 1. The van der Waals surface area contributed by atoms with Crippen molar-refractivity contribution < 1.29 is 14.3 Å². The third-order valence-electron chi connectivity index (χ3n) is 3.35. The van der Waals surface area contributed by atoms with Crippen LogP contribution in [0.2, 0.25) is 5.02 Å². The molecule has 1 unspecified atom stereocenters. The number of carbonyl (C=O) groups excluding carboxylic acids is 2. The number of ether oxygens (including phenoxy) is 1. The zero-order valence-corrected chi connectivity index (χ0v) is 11.5. The highest BCUT2D eigenvalue weighted by Gasteiger charge is 2.34. The Morgan fingerprint density at radius 3 is 2.84 bits per heavy atom. The van der Waals surface area contributed by atoms with Crippen molar-refractivity contribution in [2.45, 2.75) is 25.3 Å². The minimum atomic E-state index is -0.444. The molecular formula is C14H16ClNO3. The molecule has 1 saturated heterocycles. The normalized spacial score (nSPS) is 18.4. The van der Waals surface area contributed by atoms with E-state index in [9.17, 15) is 9.59 Å². The summed E-state index contributed by atoms with van der Waals surface area (Å²) in [6.07, 6.45) is 1.71. The third-order valence-corrected chi connectivity index (χ3v) is 3.71. The minimum Gasteiger partial charge on any atom is -0.467 e. The van der Waals surface area contributed by atoms with E-state index in [4.69, 9.17) is 16.3 Å². The van der Waals surface area contributed by atoms with Gasteiger partial charge in [-0.25, -0.2) is 4.79 Å². The van der Waals surface area contributed by atoms with Crippen LogP contribution in [0.15, 0.2) is 24.3 Å². The lowest BCUT2D eigenvalue weighted by molar-refractivity contribution is -0.150. The molecule has 1 aromatic rings. The molecule has 1 aliphatic rings. The van der Waals surface area contributed by atoms with Gasteiger partial charge in [-0.1, -0.05) is 29.8 Å². The van der Waals surface area contributed by atoms with Gasteiger partial charge in [0.25, 0.3) is 0 Å². The number of halogens is 1. The van der Waals surface area contributed by atoms with E-state index >= 15 is 0 Å². The Hall–Kier alpha value is -1.55. The van der Waals surface area contributed by atoms with Crippen LogP contribution in [0, 0.1) is 0 Å². The lowest BCUT2D eigenvalue weighted by atomic mass is 10.1. The maximum atomic E-state index is 12.3. The van der Waals surface area contributed by atoms with Crippen molar-refractivity contribution in [3.05, 3.63) is 34.9 Å². The number of esters is 1. The van der Waals surface area contributed by atoms with Crippen LogP contribution in [0.25, 0.3) is 0 Å². The van der Waals surface area contributed by atoms with Crippen LogP contribution < -0.4 is 0 Å². The maximum Gasteiger partial charge on any atom is 0.328 e. The summed E-state index contributed by atoms with van der Waals surface area (Å²) in [4.78, 5) is 25.5. The molecule has 0 bridgehead atoms. The number of carbonyl (C=O) groups is 2. The Morgan fingerprint density at radius 2 is 2.16 bits per heavy atom. The lowest BCUT2D eigenvalue weighted by Crippen LogP contribution is -2.41. The van der Waals surface area contributed by atoms with E-state index in [0.29, 0.717) is 18.0 Å². The number of benzene rings is 1. The Kier molecular flexibility index (Phi) is 4.43. The van der Waals surface area contributed by atoms with Gasteiger partial charge in [0.15, 0.2) is 0 Å². The summed E-state index contributed by atoms with van der Waals surface area (Å²) in [5, 5.41) is 0.574. The Morgan fingerprint density at radius 1 is 1.42 bits per heavy atom. The summed E-state index contributed by atoms with van der Waals surface area (Å²) in [6, 6.07) is 6.80. The van der Waals surface area contributed by atoms with Crippen molar-refractivity contribution in [1.29, 1.82) is 0 Å². The van der Waals surface area contributed by atoms with E-state index in [1.165, 1.54) is 7.11 Å². The monoisotopic (exact) mass is 281 g/mol. The summed E-state index contributed by atoms with van der Waals surface area (Å²) in [5.74, 6) is -0.425. The van der Waals surface area contributed by atoms with E-state index in [-0.39, 0.29) is 18.3 Å². The molecule has 4 nitrogen and oxygen atoms in total. The average molecular weight is 282 g/mol. The summed E-state index contributed by atoms with van der Waals surface area (Å²) in [7, 11) is 1.34. The standard InChI is InChI=1S/C14H16ClNO3/c1-19-14(18)12-7-4-8-16(12)13(17)9-10-5-2-3-6-11(10)15/h2-3,5-6,12H,4,7-9H2,1H3. The predicted octanol–water partition coefficient (Wildman–Crippen LogP) is 2.05. The number of rotatable bonds is 3. The van der Waals surface area contributed by atoms with Crippen molar-refractivity contribution >= 4 is 23.5 Å². The van der Waals surface area contributed by atoms with Gasteiger partial charge in [-0.2, -0.15) is 0 Å². The van der Waals surface area contributed by atoms with Crippen LogP contribution in [-0.4, -0.2) is 36.5 Å². The molecule has 0 N–H and O–H groups in total. The van der Waals surface area contributed by atoms with E-state index in [0.717, 1.165) is 12.0 Å². The van der Waals surface area contributed by atoms with Gasteiger partial charge in [-0.05, 0) is 24.5 Å². The van der Waals surface area contributed by atoms with Crippen molar-refractivity contribution in [2.24, 2.45) is 0 Å². The molecule has 19 heavy (non-hydrogen) atoms. The molecule has 0 spiro atoms. The van der Waals surface area contributed by atoms with Gasteiger partial charge in [0, 0.05) is 11.6 Å². The number of hydrogen-bond acceptors (Lipinski definition) is 3. The molecular weight excluding hydrogens is 266 g/mol. The Balaban J connectivity index is 2.07. The highest BCUT2D eigenvalue weighted by atomic mass is 35.5. The minimum absolute atomic E-state index is 0.0824. The Bertz CT molecular complexity index is 489. The highest BCUT2D eigenvalue weighted by Crippen LogP contribution is 2.22. The lowest BCUT2D eigenvalue weighted by Gasteiger charge is -2.22. The van der Waals surface area contributed by atoms with E-state index in [2.05, 4.69) is 0 Å². The molecule has 1 heterocycles. The molecule has 1 aromatic carbocycles. The molecule has 0 radical (unpaired) electrons. The van der Waals surface area contributed by atoms with Gasteiger partial charge in [-0.15, -0.1) is 0 Å². The number of likely N-dealkylation sites (tertiary alicyclic amines) is 1. The molecule has 1 amide bonds. The molecule has 5 heteroatoms. The molecule has 1 fully saturated rings. The highest BCUT2D eigenvalue weighted by molar-refractivity contribution is 6.31. The second-order valence-corrected chi connectivity index (χ2v) is 4.94. The third kappa shape index (κ3) is 3.07. The zero-order chi connectivity index (χ0) is 13.8. The van der Waals surface area contributed by atoms with Gasteiger partial charge >= 0.3 is 5.97 Å². The largest absolute Gasteiger partial charge is 0.467 e. The second kappa shape index (κ2) is 6.06. The summed E-state index contributed by atoms with van der Waals surface area (Å²) >= 11 is 6.04. The first kappa shape index (κ1) is 13.9. The molecule has 2 rings (SSSR count). The van der Waals surface area contributed by atoms with Gasteiger partial charge in [0.2, 0.25) is 5.91 Å². The van der Waals surface area contributed by atoms with Gasteiger partial charge in [0.05, 0.1) is 13.5 Å². The van der Waals surface area contributed by atoms with Crippen LogP contribution in [0.5, 0.6) is 0 Å². The van der Waals surface area contributed by atoms with Crippen molar-refractivity contribution in [3.8, 4) is 0 Å². The van der Waals surface area contributed by atoms with E-state index < -0.39 is 6.04 Å². The first-order valence-electron chi connectivity index (χ1n) is 6.24. The van der Waals surface area contributed by atoms with E-state index in [1.807, 2.05) is 18.2 Å². The van der Waals surface area contributed by atoms with Crippen LogP contribution >= 0.6 is 11.6 Å². The van der Waals surface area contributed by atoms with Crippen LogP contribution in [0.1, 0.15) is 18.4 Å². The topological polar surface area (TPSA) is 46.6 Å². The molecule has 1 aliphatic heterocycles. The molecule has 0 aromatic heterocycles. The number of methoxy groups -OCH3 is 1.